The van der Waals surface area contributed by atoms with Gasteiger partial charge in [-0.2, -0.15) is 0 Å². The van der Waals surface area contributed by atoms with Crippen LogP contribution in [0.2, 0.25) is 5.02 Å². The number of hydrogen-bond donors (Lipinski definition) is 0. The van der Waals surface area contributed by atoms with E-state index < -0.39 is 0 Å². The lowest BCUT2D eigenvalue weighted by Crippen LogP contribution is -2.28. The number of ether oxygens (including phenoxy) is 1. The Morgan fingerprint density at radius 3 is 2.45 bits per heavy atom. The number of hydrogen-bond acceptors (Lipinski definition) is 4. The minimum absolute atomic E-state index is 0.0204. The molecule has 4 rings (SSSR count). The zero-order valence-corrected chi connectivity index (χ0v) is 19.7. The van der Waals surface area contributed by atoms with Crippen LogP contribution in [0.4, 0.5) is 4.79 Å². The van der Waals surface area contributed by atoms with E-state index in [1.165, 1.54) is 0 Å². The van der Waals surface area contributed by atoms with Crippen molar-refractivity contribution in [3.63, 3.8) is 0 Å². The maximum atomic E-state index is 12.5. The largest absolute Gasteiger partial charge is 0.489 e. The summed E-state index contributed by atoms with van der Waals surface area (Å²) in [5, 5.41) is 0.357. The molecule has 1 aliphatic rings. The Kier molecular flexibility index (Phi) is 6.64. The molecular weight excluding hydrogens is 456 g/mol. The number of benzene rings is 2. The van der Waals surface area contributed by atoms with E-state index in [0.29, 0.717) is 16.5 Å². The SMILES string of the molecule is C#CCN1C(=O)S/C(=C\c2cc(C)n(-c3ccc(OCc4ccc(Cl)cc4)cc3)c2C)C1=O. The van der Waals surface area contributed by atoms with Crippen LogP contribution in [0.15, 0.2) is 59.5 Å². The van der Waals surface area contributed by atoms with Crippen molar-refractivity contribution in [1.82, 2.24) is 9.47 Å². The molecule has 0 radical (unpaired) electrons. The van der Waals surface area contributed by atoms with Gasteiger partial charge in [0.25, 0.3) is 11.1 Å². The van der Waals surface area contributed by atoms with Crippen molar-refractivity contribution in [1.29, 1.82) is 0 Å². The molecule has 2 heterocycles. The molecule has 1 aliphatic heterocycles. The lowest BCUT2D eigenvalue weighted by atomic mass is 10.2. The summed E-state index contributed by atoms with van der Waals surface area (Å²) in [5.41, 5.74) is 4.87. The van der Waals surface area contributed by atoms with Crippen LogP contribution in [0.1, 0.15) is 22.5 Å². The molecule has 5 nitrogen and oxygen atoms in total. The summed E-state index contributed by atoms with van der Waals surface area (Å²) in [6.07, 6.45) is 7.02. The normalized spacial score (nSPS) is 14.7. The van der Waals surface area contributed by atoms with E-state index in [-0.39, 0.29) is 17.7 Å². The summed E-state index contributed by atoms with van der Waals surface area (Å²) in [7, 11) is 0. The molecule has 1 saturated heterocycles. The average molecular weight is 477 g/mol. The first-order valence-corrected chi connectivity index (χ1v) is 11.4. The van der Waals surface area contributed by atoms with E-state index >= 15 is 0 Å². The molecule has 3 aromatic rings. The lowest BCUT2D eigenvalue weighted by molar-refractivity contribution is -0.122. The summed E-state index contributed by atoms with van der Waals surface area (Å²) >= 11 is 6.84. The predicted molar refractivity (Wildman–Crippen MR) is 133 cm³/mol. The minimum Gasteiger partial charge on any atom is -0.489 e. The fourth-order valence-electron chi connectivity index (χ4n) is 3.64. The number of thioether (sulfide) groups is 1. The molecule has 0 bridgehead atoms. The Hall–Kier alpha value is -3.40. The zero-order chi connectivity index (χ0) is 23.5. The third-order valence-corrected chi connectivity index (χ3v) is 6.45. The van der Waals surface area contributed by atoms with Gasteiger partial charge in [0.1, 0.15) is 12.4 Å². The standard InChI is InChI=1S/C26H21ClN2O3S/c1-4-13-28-25(30)24(33-26(28)31)15-20-14-17(2)29(18(20)3)22-9-11-23(12-10-22)32-16-19-5-7-21(27)8-6-19/h1,5-12,14-15H,13,16H2,2-3H3/b24-15-. The van der Waals surface area contributed by atoms with Crippen LogP contribution in [-0.2, 0) is 11.4 Å². The van der Waals surface area contributed by atoms with Gasteiger partial charge in [-0.1, -0.05) is 29.7 Å². The Balaban J connectivity index is 1.52. The van der Waals surface area contributed by atoms with Gasteiger partial charge in [0.2, 0.25) is 0 Å². The minimum atomic E-state index is -0.352. The second-order valence-corrected chi connectivity index (χ2v) is 8.97. The van der Waals surface area contributed by atoms with Gasteiger partial charge in [0.05, 0.1) is 11.4 Å². The van der Waals surface area contributed by atoms with Crippen molar-refractivity contribution in [2.45, 2.75) is 20.5 Å². The van der Waals surface area contributed by atoms with Crippen LogP contribution in [0.25, 0.3) is 11.8 Å². The van der Waals surface area contributed by atoms with Gasteiger partial charge in [0.15, 0.2) is 0 Å². The van der Waals surface area contributed by atoms with Gasteiger partial charge in [0, 0.05) is 22.1 Å². The van der Waals surface area contributed by atoms with Gasteiger partial charge in [-0.3, -0.25) is 14.5 Å². The van der Waals surface area contributed by atoms with Crippen molar-refractivity contribution >= 4 is 40.6 Å². The molecule has 1 fully saturated rings. The summed E-state index contributed by atoms with van der Waals surface area (Å²) < 4.78 is 7.97. The molecule has 2 aromatic carbocycles. The molecule has 0 unspecified atom stereocenters. The van der Waals surface area contributed by atoms with Crippen molar-refractivity contribution in [3.05, 3.63) is 87.0 Å². The maximum absolute atomic E-state index is 12.5. The van der Waals surface area contributed by atoms with Crippen LogP contribution in [0.3, 0.4) is 0 Å². The lowest BCUT2D eigenvalue weighted by Gasteiger charge is -2.12. The molecule has 1 aromatic heterocycles. The Morgan fingerprint density at radius 2 is 1.79 bits per heavy atom. The van der Waals surface area contributed by atoms with E-state index in [4.69, 9.17) is 22.8 Å². The van der Waals surface area contributed by atoms with Crippen LogP contribution < -0.4 is 4.74 Å². The third-order valence-electron chi connectivity index (χ3n) is 5.29. The highest BCUT2D eigenvalue weighted by Crippen LogP contribution is 2.33. The molecule has 166 valence electrons. The number of aromatic nitrogens is 1. The number of amides is 2. The third kappa shape index (κ3) is 4.85. The maximum Gasteiger partial charge on any atom is 0.294 e. The fraction of sp³-hybridized carbons (Fsp3) is 0.154. The van der Waals surface area contributed by atoms with Crippen molar-refractivity contribution < 1.29 is 14.3 Å². The first-order chi connectivity index (χ1) is 15.9. The first kappa shape index (κ1) is 22.8. The highest BCUT2D eigenvalue weighted by Gasteiger charge is 2.34. The van der Waals surface area contributed by atoms with Gasteiger partial charge >= 0.3 is 0 Å². The summed E-state index contributed by atoms with van der Waals surface area (Å²) in [6, 6.07) is 17.4. The molecular formula is C26H21ClN2O3S. The molecule has 0 N–H and O–H groups in total. The quantitative estimate of drug-likeness (QED) is 0.323. The summed E-state index contributed by atoms with van der Waals surface area (Å²) in [4.78, 5) is 26.0. The van der Waals surface area contributed by atoms with Crippen molar-refractivity contribution in [2.24, 2.45) is 0 Å². The molecule has 0 saturated carbocycles. The van der Waals surface area contributed by atoms with E-state index in [2.05, 4.69) is 10.5 Å². The van der Waals surface area contributed by atoms with Crippen molar-refractivity contribution in [3.8, 4) is 23.8 Å². The number of carbonyl (C=O) groups excluding carboxylic acids is 2. The van der Waals surface area contributed by atoms with E-state index in [9.17, 15) is 9.59 Å². The predicted octanol–water partition coefficient (Wildman–Crippen LogP) is 6.00. The summed E-state index contributed by atoms with van der Waals surface area (Å²) in [6.45, 7) is 4.42. The molecule has 2 amide bonds. The van der Waals surface area contributed by atoms with Gasteiger partial charge in [-0.25, -0.2) is 0 Å². The average Bonchev–Trinajstić information content (AvgIpc) is 3.23. The van der Waals surface area contributed by atoms with Crippen LogP contribution in [0.5, 0.6) is 5.75 Å². The molecule has 0 atom stereocenters. The number of rotatable bonds is 6. The highest BCUT2D eigenvalue weighted by molar-refractivity contribution is 8.18. The molecule has 0 aliphatic carbocycles. The number of halogens is 1. The van der Waals surface area contributed by atoms with Crippen LogP contribution >= 0.6 is 23.4 Å². The topological polar surface area (TPSA) is 51.5 Å². The number of nitrogens with zero attached hydrogens (tertiary/aromatic N) is 2. The highest BCUT2D eigenvalue weighted by atomic mass is 35.5. The number of aryl methyl sites for hydroxylation is 1. The molecule has 0 spiro atoms. The Labute approximate surface area is 202 Å². The first-order valence-electron chi connectivity index (χ1n) is 10.2. The number of carbonyl (C=O) groups is 2. The monoisotopic (exact) mass is 476 g/mol. The van der Waals surface area contributed by atoms with Crippen LogP contribution in [0, 0.1) is 26.2 Å². The Morgan fingerprint density at radius 1 is 1.09 bits per heavy atom. The second kappa shape index (κ2) is 9.62. The fourth-order valence-corrected chi connectivity index (χ4v) is 4.59. The second-order valence-electron chi connectivity index (χ2n) is 7.54. The Bertz CT molecular complexity index is 1280. The molecule has 33 heavy (non-hydrogen) atoms. The number of imide groups is 1. The van der Waals surface area contributed by atoms with E-state index in [0.717, 1.165) is 50.6 Å². The zero-order valence-electron chi connectivity index (χ0n) is 18.2. The van der Waals surface area contributed by atoms with Gasteiger partial charge < -0.3 is 9.30 Å². The van der Waals surface area contributed by atoms with Crippen LogP contribution in [-0.4, -0.2) is 27.2 Å². The number of terminal acetylenes is 1. The van der Waals surface area contributed by atoms with Crippen molar-refractivity contribution in [2.75, 3.05) is 6.54 Å². The van der Waals surface area contributed by atoms with E-state index in [1.807, 2.05) is 68.4 Å². The van der Waals surface area contributed by atoms with E-state index in [1.54, 1.807) is 6.08 Å². The molecule has 7 heteroatoms. The van der Waals surface area contributed by atoms with Gasteiger partial charge in [-0.05, 0) is 85.3 Å². The van der Waals surface area contributed by atoms with Gasteiger partial charge in [-0.15, -0.1) is 6.42 Å². The summed E-state index contributed by atoms with van der Waals surface area (Å²) in [5.74, 6) is 2.76. The smallest absolute Gasteiger partial charge is 0.294 e.